The molecule has 110 valence electrons. The lowest BCUT2D eigenvalue weighted by Crippen LogP contribution is -2.26. The quantitative estimate of drug-likeness (QED) is 0.926. The molecule has 1 amide bonds. The molecule has 3 nitrogen and oxygen atoms in total. The van der Waals surface area contributed by atoms with Gasteiger partial charge in [0, 0.05) is 30.5 Å². The maximum absolute atomic E-state index is 12.9. The summed E-state index contributed by atoms with van der Waals surface area (Å²) in [7, 11) is 1.68. The molecule has 2 aromatic carbocycles. The highest BCUT2D eigenvalue weighted by Crippen LogP contribution is 2.20. The van der Waals surface area contributed by atoms with E-state index in [-0.39, 0.29) is 11.7 Å². The van der Waals surface area contributed by atoms with Gasteiger partial charge in [0.05, 0.1) is 0 Å². The van der Waals surface area contributed by atoms with Gasteiger partial charge in [-0.3, -0.25) is 4.79 Å². The minimum atomic E-state index is -0.314. The number of benzene rings is 2. The summed E-state index contributed by atoms with van der Waals surface area (Å²) in [5.74, 6) is -0.432. The highest BCUT2D eigenvalue weighted by Gasteiger charge is 2.14. The maximum atomic E-state index is 12.9. The molecule has 0 fully saturated rings. The van der Waals surface area contributed by atoms with Crippen molar-refractivity contribution in [3.8, 4) is 0 Å². The Labute approximate surface area is 124 Å². The summed E-state index contributed by atoms with van der Waals surface area (Å²) in [6.45, 7) is 4.83. The molecular formula is C17H19FN2O. The standard InChI is InChI=1S/C17H19FN2O/c1-4-19-16-10-5-13(11-12(16)2)17(21)20(3)15-8-6-14(18)7-9-15/h5-11,19H,4H2,1-3H3. The van der Waals surface area contributed by atoms with E-state index in [9.17, 15) is 9.18 Å². The van der Waals surface area contributed by atoms with Gasteiger partial charge in [-0.1, -0.05) is 0 Å². The number of anilines is 2. The van der Waals surface area contributed by atoms with Gasteiger partial charge < -0.3 is 10.2 Å². The number of amides is 1. The molecule has 0 spiro atoms. The molecule has 2 rings (SSSR count). The Hall–Kier alpha value is -2.36. The largest absolute Gasteiger partial charge is 0.385 e. The second kappa shape index (κ2) is 6.39. The molecule has 0 atom stereocenters. The molecule has 0 aliphatic heterocycles. The lowest BCUT2D eigenvalue weighted by Gasteiger charge is -2.18. The third kappa shape index (κ3) is 3.40. The van der Waals surface area contributed by atoms with Gasteiger partial charge in [0.15, 0.2) is 0 Å². The molecular weight excluding hydrogens is 267 g/mol. The van der Waals surface area contributed by atoms with Crippen LogP contribution < -0.4 is 10.2 Å². The van der Waals surface area contributed by atoms with Crippen LogP contribution in [0.2, 0.25) is 0 Å². The van der Waals surface area contributed by atoms with Crippen LogP contribution in [0, 0.1) is 12.7 Å². The Kier molecular flexibility index (Phi) is 4.58. The van der Waals surface area contributed by atoms with Crippen LogP contribution in [0.3, 0.4) is 0 Å². The fourth-order valence-electron chi connectivity index (χ4n) is 2.16. The van der Waals surface area contributed by atoms with Crippen LogP contribution in [0.25, 0.3) is 0 Å². The molecule has 0 aliphatic carbocycles. The number of aryl methyl sites for hydroxylation is 1. The third-order valence-electron chi connectivity index (χ3n) is 3.36. The van der Waals surface area contributed by atoms with E-state index in [2.05, 4.69) is 5.32 Å². The van der Waals surface area contributed by atoms with E-state index < -0.39 is 0 Å². The third-order valence-corrected chi connectivity index (χ3v) is 3.36. The number of carbonyl (C=O) groups excluding carboxylic acids is 1. The summed E-state index contributed by atoms with van der Waals surface area (Å²) in [6.07, 6.45) is 0. The molecule has 0 aliphatic rings. The van der Waals surface area contributed by atoms with E-state index >= 15 is 0 Å². The van der Waals surface area contributed by atoms with Crippen molar-refractivity contribution in [2.45, 2.75) is 13.8 Å². The van der Waals surface area contributed by atoms with Crippen molar-refractivity contribution < 1.29 is 9.18 Å². The lowest BCUT2D eigenvalue weighted by atomic mass is 10.1. The first-order valence-electron chi connectivity index (χ1n) is 6.91. The van der Waals surface area contributed by atoms with E-state index in [1.165, 1.54) is 17.0 Å². The van der Waals surface area contributed by atoms with Crippen molar-refractivity contribution in [3.05, 3.63) is 59.4 Å². The van der Waals surface area contributed by atoms with Gasteiger partial charge in [-0.15, -0.1) is 0 Å². The second-order valence-electron chi connectivity index (χ2n) is 4.90. The highest BCUT2D eigenvalue weighted by molar-refractivity contribution is 6.06. The van der Waals surface area contributed by atoms with Crippen LogP contribution in [0.4, 0.5) is 15.8 Å². The molecule has 0 aromatic heterocycles. The number of hydrogen-bond acceptors (Lipinski definition) is 2. The van der Waals surface area contributed by atoms with Crippen LogP contribution in [-0.2, 0) is 0 Å². The summed E-state index contributed by atoms with van der Waals surface area (Å²) >= 11 is 0. The zero-order chi connectivity index (χ0) is 15.4. The van der Waals surface area contributed by atoms with Crippen LogP contribution in [-0.4, -0.2) is 19.5 Å². The Morgan fingerprint density at radius 1 is 1.19 bits per heavy atom. The lowest BCUT2D eigenvalue weighted by molar-refractivity contribution is 0.0993. The summed E-state index contributed by atoms with van der Waals surface area (Å²) in [4.78, 5) is 14.0. The normalized spacial score (nSPS) is 10.3. The predicted octanol–water partition coefficient (Wildman–Crippen LogP) is 3.84. The first kappa shape index (κ1) is 15.0. The Balaban J connectivity index is 2.23. The zero-order valence-corrected chi connectivity index (χ0v) is 12.5. The van der Waals surface area contributed by atoms with E-state index in [1.807, 2.05) is 26.0 Å². The number of nitrogens with one attached hydrogen (secondary N) is 1. The Morgan fingerprint density at radius 3 is 2.43 bits per heavy atom. The van der Waals surface area contributed by atoms with E-state index in [0.29, 0.717) is 11.3 Å². The van der Waals surface area contributed by atoms with Gasteiger partial charge in [0.25, 0.3) is 5.91 Å². The SMILES string of the molecule is CCNc1ccc(C(=O)N(C)c2ccc(F)cc2)cc1C. The van der Waals surface area contributed by atoms with Gasteiger partial charge in [-0.05, 0) is 61.9 Å². The molecule has 0 saturated heterocycles. The van der Waals surface area contributed by atoms with Gasteiger partial charge in [-0.2, -0.15) is 0 Å². The highest BCUT2D eigenvalue weighted by atomic mass is 19.1. The van der Waals surface area contributed by atoms with Crippen molar-refractivity contribution in [2.24, 2.45) is 0 Å². The molecule has 1 N–H and O–H groups in total. The predicted molar refractivity (Wildman–Crippen MR) is 84.5 cm³/mol. The zero-order valence-electron chi connectivity index (χ0n) is 12.5. The monoisotopic (exact) mass is 286 g/mol. The van der Waals surface area contributed by atoms with Crippen molar-refractivity contribution in [2.75, 3.05) is 23.8 Å². The minimum absolute atomic E-state index is 0.118. The number of hydrogen-bond donors (Lipinski definition) is 1. The van der Waals surface area contributed by atoms with E-state index in [1.54, 1.807) is 25.2 Å². The van der Waals surface area contributed by atoms with Crippen LogP contribution in [0.15, 0.2) is 42.5 Å². The Morgan fingerprint density at radius 2 is 1.86 bits per heavy atom. The summed E-state index contributed by atoms with van der Waals surface area (Å²) < 4.78 is 12.9. The van der Waals surface area contributed by atoms with E-state index in [0.717, 1.165) is 17.8 Å². The van der Waals surface area contributed by atoms with Gasteiger partial charge in [-0.25, -0.2) is 4.39 Å². The van der Waals surface area contributed by atoms with Crippen LogP contribution in [0.1, 0.15) is 22.8 Å². The molecule has 0 bridgehead atoms. The number of halogens is 1. The van der Waals surface area contributed by atoms with Crippen molar-refractivity contribution in [1.29, 1.82) is 0 Å². The topological polar surface area (TPSA) is 32.3 Å². The fourth-order valence-corrected chi connectivity index (χ4v) is 2.16. The Bertz CT molecular complexity index is 638. The summed E-state index contributed by atoms with van der Waals surface area (Å²) in [6, 6.07) is 11.4. The fraction of sp³-hybridized carbons (Fsp3) is 0.235. The van der Waals surface area contributed by atoms with Crippen molar-refractivity contribution >= 4 is 17.3 Å². The average Bonchev–Trinajstić information content (AvgIpc) is 2.49. The van der Waals surface area contributed by atoms with Crippen molar-refractivity contribution in [3.63, 3.8) is 0 Å². The molecule has 4 heteroatoms. The van der Waals surface area contributed by atoms with Crippen LogP contribution >= 0.6 is 0 Å². The number of rotatable bonds is 4. The molecule has 2 aromatic rings. The van der Waals surface area contributed by atoms with Gasteiger partial charge in [0.2, 0.25) is 0 Å². The molecule has 0 unspecified atom stereocenters. The van der Waals surface area contributed by atoms with Crippen molar-refractivity contribution in [1.82, 2.24) is 0 Å². The van der Waals surface area contributed by atoms with Gasteiger partial charge in [0.1, 0.15) is 5.82 Å². The average molecular weight is 286 g/mol. The molecule has 0 saturated carbocycles. The summed E-state index contributed by atoms with van der Waals surface area (Å²) in [5, 5.41) is 3.24. The van der Waals surface area contributed by atoms with E-state index in [4.69, 9.17) is 0 Å². The molecule has 0 heterocycles. The second-order valence-corrected chi connectivity index (χ2v) is 4.90. The first-order chi connectivity index (χ1) is 10.0. The molecule has 21 heavy (non-hydrogen) atoms. The van der Waals surface area contributed by atoms with Crippen LogP contribution in [0.5, 0.6) is 0 Å². The number of nitrogens with zero attached hydrogens (tertiary/aromatic N) is 1. The summed E-state index contributed by atoms with van der Waals surface area (Å²) in [5.41, 5.74) is 3.32. The first-order valence-corrected chi connectivity index (χ1v) is 6.91. The maximum Gasteiger partial charge on any atom is 0.258 e. The number of carbonyl (C=O) groups is 1. The molecule has 0 radical (unpaired) electrons. The smallest absolute Gasteiger partial charge is 0.258 e. The van der Waals surface area contributed by atoms with Gasteiger partial charge >= 0.3 is 0 Å². The minimum Gasteiger partial charge on any atom is -0.385 e.